The third-order valence-corrected chi connectivity index (χ3v) is 5.67. The molecule has 0 bridgehead atoms. The second-order valence-electron chi connectivity index (χ2n) is 6.42. The highest BCUT2D eigenvalue weighted by Crippen LogP contribution is 2.29. The van der Waals surface area contributed by atoms with E-state index >= 15 is 0 Å². The molecule has 5 nitrogen and oxygen atoms in total. The van der Waals surface area contributed by atoms with E-state index in [4.69, 9.17) is 27.9 Å². The number of rotatable bonds is 6. The van der Waals surface area contributed by atoms with Crippen LogP contribution < -0.4 is 4.90 Å². The first kappa shape index (κ1) is 18.8. The number of aromatic nitrogens is 3. The van der Waals surface area contributed by atoms with Crippen LogP contribution in [0.2, 0.25) is 10.0 Å². The Labute approximate surface area is 162 Å². The third-order valence-electron chi connectivity index (χ3n) is 3.89. The second kappa shape index (κ2) is 8.62. The summed E-state index contributed by atoms with van der Waals surface area (Å²) in [6.07, 6.45) is 0. The maximum atomic E-state index is 6.11. The number of hydrogen-bond acceptors (Lipinski definition) is 5. The first-order valence-corrected chi connectivity index (χ1v) is 10.1. The Morgan fingerprint density at radius 3 is 2.60 bits per heavy atom. The van der Waals surface area contributed by atoms with Gasteiger partial charge in [0, 0.05) is 25.4 Å². The van der Waals surface area contributed by atoms with Gasteiger partial charge in [-0.05, 0) is 23.6 Å². The van der Waals surface area contributed by atoms with Gasteiger partial charge >= 0.3 is 0 Å². The number of anilines is 1. The Morgan fingerprint density at radius 2 is 1.92 bits per heavy atom. The van der Waals surface area contributed by atoms with Crippen LogP contribution in [0, 0.1) is 5.92 Å². The number of halogens is 2. The van der Waals surface area contributed by atoms with Crippen molar-refractivity contribution in [3.05, 3.63) is 33.8 Å². The molecule has 2 heterocycles. The lowest BCUT2D eigenvalue weighted by atomic mass is 10.2. The normalized spacial score (nSPS) is 15.2. The van der Waals surface area contributed by atoms with Crippen LogP contribution in [0.1, 0.15) is 19.4 Å². The first-order valence-electron chi connectivity index (χ1n) is 8.37. The van der Waals surface area contributed by atoms with E-state index in [9.17, 15) is 0 Å². The van der Waals surface area contributed by atoms with Crippen LogP contribution >= 0.6 is 35.0 Å². The summed E-state index contributed by atoms with van der Waals surface area (Å²) in [5.74, 6) is 2.23. The van der Waals surface area contributed by atoms with Crippen molar-refractivity contribution in [3.8, 4) is 0 Å². The fourth-order valence-electron chi connectivity index (χ4n) is 2.69. The second-order valence-corrected chi connectivity index (χ2v) is 8.18. The van der Waals surface area contributed by atoms with Crippen molar-refractivity contribution in [2.24, 2.45) is 5.92 Å². The molecule has 1 saturated heterocycles. The van der Waals surface area contributed by atoms with Crippen LogP contribution in [-0.2, 0) is 17.0 Å². The van der Waals surface area contributed by atoms with E-state index in [1.807, 2.05) is 18.2 Å². The zero-order chi connectivity index (χ0) is 17.8. The van der Waals surface area contributed by atoms with Gasteiger partial charge in [-0.1, -0.05) is 54.9 Å². The smallest absolute Gasteiger partial charge is 0.228 e. The summed E-state index contributed by atoms with van der Waals surface area (Å²) >= 11 is 13.8. The predicted octanol–water partition coefficient (Wildman–Crippen LogP) is 4.37. The monoisotopic (exact) mass is 400 g/mol. The first-order chi connectivity index (χ1) is 12.0. The fourth-order valence-corrected chi connectivity index (χ4v) is 3.89. The van der Waals surface area contributed by atoms with Gasteiger partial charge in [0.25, 0.3) is 0 Å². The molecule has 0 atom stereocenters. The number of benzene rings is 1. The summed E-state index contributed by atoms with van der Waals surface area (Å²) in [7, 11) is 0. The van der Waals surface area contributed by atoms with E-state index in [0.29, 0.717) is 16.0 Å². The van der Waals surface area contributed by atoms with Crippen LogP contribution in [0.25, 0.3) is 0 Å². The van der Waals surface area contributed by atoms with E-state index in [-0.39, 0.29) is 0 Å². The van der Waals surface area contributed by atoms with E-state index in [0.717, 1.165) is 55.3 Å². The van der Waals surface area contributed by atoms with Crippen molar-refractivity contribution in [2.75, 3.05) is 31.2 Å². The lowest BCUT2D eigenvalue weighted by Gasteiger charge is -2.28. The Hall–Kier alpha value is -0.950. The van der Waals surface area contributed by atoms with Gasteiger partial charge in [0.1, 0.15) is 0 Å². The minimum atomic E-state index is 0.514. The molecule has 1 aromatic heterocycles. The Kier molecular flexibility index (Phi) is 6.49. The van der Waals surface area contributed by atoms with Crippen molar-refractivity contribution in [1.29, 1.82) is 0 Å². The maximum absolute atomic E-state index is 6.11. The standard InChI is InChI=1S/C17H22Cl2N4OS/c1-12(2)10-23-16(22-5-7-24-8-6-22)20-21-17(23)25-11-13-3-4-14(18)15(19)9-13/h3-4,9,12H,5-8,10-11H2,1-2H3. The number of hydrogen-bond donors (Lipinski definition) is 0. The maximum Gasteiger partial charge on any atom is 0.228 e. The van der Waals surface area contributed by atoms with Crippen LogP contribution in [0.5, 0.6) is 0 Å². The zero-order valence-electron chi connectivity index (χ0n) is 14.4. The molecule has 136 valence electrons. The summed E-state index contributed by atoms with van der Waals surface area (Å²) < 4.78 is 7.67. The molecular weight excluding hydrogens is 379 g/mol. The molecule has 8 heteroatoms. The molecule has 1 aromatic carbocycles. The van der Waals surface area contributed by atoms with Gasteiger partial charge in [-0.2, -0.15) is 0 Å². The lowest BCUT2D eigenvalue weighted by Crippen LogP contribution is -2.38. The number of nitrogens with zero attached hydrogens (tertiary/aromatic N) is 4. The van der Waals surface area contributed by atoms with Crippen LogP contribution in [-0.4, -0.2) is 41.1 Å². The summed E-state index contributed by atoms with van der Waals surface area (Å²) in [5.41, 5.74) is 1.12. The van der Waals surface area contributed by atoms with Gasteiger partial charge in [0.2, 0.25) is 5.95 Å². The molecule has 1 aliphatic rings. The van der Waals surface area contributed by atoms with Gasteiger partial charge in [0.05, 0.1) is 23.3 Å². The molecule has 25 heavy (non-hydrogen) atoms. The summed E-state index contributed by atoms with van der Waals surface area (Å²) in [6, 6.07) is 5.73. The molecule has 0 saturated carbocycles. The molecule has 0 radical (unpaired) electrons. The molecule has 1 fully saturated rings. The van der Waals surface area contributed by atoms with E-state index in [2.05, 4.69) is 33.5 Å². The third kappa shape index (κ3) is 4.82. The molecule has 3 rings (SSSR count). The highest BCUT2D eigenvalue weighted by Gasteiger charge is 2.21. The SMILES string of the molecule is CC(C)Cn1c(SCc2ccc(Cl)c(Cl)c2)nnc1N1CCOCC1. The highest BCUT2D eigenvalue weighted by atomic mass is 35.5. The van der Waals surface area contributed by atoms with Crippen LogP contribution in [0.4, 0.5) is 5.95 Å². The molecule has 0 amide bonds. The summed E-state index contributed by atoms with van der Waals surface area (Å²) in [4.78, 5) is 2.25. The van der Waals surface area contributed by atoms with Crippen molar-refractivity contribution in [1.82, 2.24) is 14.8 Å². The lowest BCUT2D eigenvalue weighted by molar-refractivity contribution is 0.121. The van der Waals surface area contributed by atoms with Crippen LogP contribution in [0.3, 0.4) is 0 Å². The molecule has 0 unspecified atom stereocenters. The van der Waals surface area contributed by atoms with Gasteiger partial charge < -0.3 is 9.64 Å². The minimum Gasteiger partial charge on any atom is -0.378 e. The molecule has 0 spiro atoms. The Balaban J connectivity index is 1.77. The molecule has 0 N–H and O–H groups in total. The average molecular weight is 401 g/mol. The number of ether oxygens (including phenoxy) is 1. The van der Waals surface area contributed by atoms with Gasteiger partial charge in [-0.15, -0.1) is 10.2 Å². The van der Waals surface area contributed by atoms with E-state index < -0.39 is 0 Å². The zero-order valence-corrected chi connectivity index (χ0v) is 16.7. The molecule has 1 aliphatic heterocycles. The topological polar surface area (TPSA) is 43.2 Å². The van der Waals surface area contributed by atoms with E-state index in [1.165, 1.54) is 0 Å². The average Bonchev–Trinajstić information content (AvgIpc) is 2.99. The van der Waals surface area contributed by atoms with Crippen LogP contribution in [0.15, 0.2) is 23.4 Å². The fraction of sp³-hybridized carbons (Fsp3) is 0.529. The highest BCUT2D eigenvalue weighted by molar-refractivity contribution is 7.98. The minimum absolute atomic E-state index is 0.514. The van der Waals surface area contributed by atoms with Gasteiger partial charge in [0.15, 0.2) is 5.16 Å². The summed E-state index contributed by atoms with van der Waals surface area (Å²) in [5, 5.41) is 11.0. The number of thioether (sulfide) groups is 1. The van der Waals surface area contributed by atoms with Crippen molar-refractivity contribution < 1.29 is 4.74 Å². The molecule has 0 aliphatic carbocycles. The largest absolute Gasteiger partial charge is 0.378 e. The molecule has 2 aromatic rings. The van der Waals surface area contributed by atoms with Crippen molar-refractivity contribution in [3.63, 3.8) is 0 Å². The summed E-state index contributed by atoms with van der Waals surface area (Å²) in [6.45, 7) is 8.48. The van der Waals surface area contributed by atoms with Crippen molar-refractivity contribution >= 4 is 40.9 Å². The molecular formula is C17H22Cl2N4OS. The predicted molar refractivity (Wildman–Crippen MR) is 104 cm³/mol. The van der Waals surface area contributed by atoms with Gasteiger partial charge in [-0.3, -0.25) is 4.57 Å². The Morgan fingerprint density at radius 1 is 1.16 bits per heavy atom. The Bertz CT molecular complexity index is 717. The van der Waals surface area contributed by atoms with E-state index in [1.54, 1.807) is 11.8 Å². The van der Waals surface area contributed by atoms with Gasteiger partial charge in [-0.25, -0.2) is 0 Å². The van der Waals surface area contributed by atoms with Crippen molar-refractivity contribution in [2.45, 2.75) is 31.3 Å². The number of morpholine rings is 1. The quantitative estimate of drug-likeness (QED) is 0.673.